The first-order valence-corrected chi connectivity index (χ1v) is 2.35. The summed E-state index contributed by atoms with van der Waals surface area (Å²) in [7, 11) is -4.64. The summed E-state index contributed by atoms with van der Waals surface area (Å²) in [5.41, 5.74) is 0. The normalized spacial score (nSPS) is 8.43. The fraction of sp³-hybridized carbons (Fsp3) is 0. The third kappa shape index (κ3) is 113. The fourth-order valence-corrected chi connectivity index (χ4v) is 0. The molecule has 44 valence electrons. The van der Waals surface area contributed by atoms with Crippen molar-refractivity contribution in [1.82, 2.24) is 0 Å². The Morgan fingerprint density at radius 2 is 1.29 bits per heavy atom. The predicted octanol–water partition coefficient (Wildman–Crippen LogP) is -3.81. The molecule has 0 heterocycles. The molecule has 0 fully saturated rings. The van der Waals surface area contributed by atoms with Gasteiger partial charge in [0.2, 0.25) is 0 Å². The first-order chi connectivity index (χ1) is 2.00. The van der Waals surface area contributed by atoms with Gasteiger partial charge in [-0.3, -0.25) is 0 Å². The summed E-state index contributed by atoms with van der Waals surface area (Å²) in [6, 6.07) is 0. The molecule has 0 aliphatic carbocycles. The smallest absolute Gasteiger partial charge is 1.00 e. The van der Waals surface area contributed by atoms with Gasteiger partial charge in [-0.1, -0.05) is 0 Å². The Morgan fingerprint density at radius 1 is 1.29 bits per heavy atom. The van der Waals surface area contributed by atoms with Crippen LogP contribution in [0.2, 0.25) is 0 Å². The van der Waals surface area contributed by atoms with Crippen LogP contribution in [0.25, 0.3) is 0 Å². The first kappa shape index (κ1) is 15.8. The molecule has 0 bridgehead atoms. The van der Waals surface area contributed by atoms with Crippen molar-refractivity contribution in [2.24, 2.45) is 0 Å². The van der Waals surface area contributed by atoms with Crippen LogP contribution in [0.5, 0.6) is 0 Å². The average Bonchev–Trinajstić information content (AvgIpc) is 0.722. The van der Waals surface area contributed by atoms with E-state index in [-0.39, 0.29) is 40.7 Å². The van der Waals surface area contributed by atoms with Crippen LogP contribution in [0, 0.1) is 0 Å². The summed E-state index contributed by atoms with van der Waals surface area (Å²) in [4.78, 5) is 21.6. The van der Waals surface area contributed by atoms with Crippen LogP contribution in [-0.4, -0.2) is 14.7 Å². The molecule has 0 atom stereocenters. The Morgan fingerprint density at radius 3 is 1.29 bits per heavy atom. The van der Waals surface area contributed by atoms with E-state index in [4.69, 9.17) is 19.2 Å². The topological polar surface area (TPSA) is 77.8 Å². The molecule has 0 rings (SSSR count). The average molecular weight is 212 g/mol. The molecule has 0 amide bonds. The van der Waals surface area contributed by atoms with Crippen LogP contribution in [-0.2, 0) is 25.0 Å². The first-order valence-electron chi connectivity index (χ1n) is 0.783. The Balaban J connectivity index is -0.0000000267. The van der Waals surface area contributed by atoms with Crippen LogP contribution in [0.1, 0.15) is 1.43 Å². The Bertz CT molecular complexity index is 62.2. The van der Waals surface area contributed by atoms with Crippen molar-refractivity contribution in [1.29, 1.82) is 0 Å². The van der Waals surface area contributed by atoms with E-state index in [1.54, 1.807) is 0 Å². The van der Waals surface area contributed by atoms with Gasteiger partial charge in [-0.15, -0.1) is 0 Å². The van der Waals surface area contributed by atoms with Gasteiger partial charge in [-0.2, -0.15) is 0 Å². The van der Waals surface area contributed by atoms with Crippen molar-refractivity contribution in [3.63, 3.8) is 0 Å². The maximum Gasteiger partial charge on any atom is 1.00 e. The quantitative estimate of drug-likeness (QED) is 0.284. The summed E-state index contributed by atoms with van der Waals surface area (Å²) in [6.07, 6.45) is 0. The summed E-state index contributed by atoms with van der Waals surface area (Å²) < 4.78 is 8.88. The minimum absolute atomic E-state index is 0. The maximum absolute atomic E-state index is 8.88. The molecule has 0 radical (unpaired) electrons. The Hall–Kier alpha value is 1.37. The fourth-order valence-electron chi connectivity index (χ4n) is 0. The summed E-state index contributed by atoms with van der Waals surface area (Å²) in [5.74, 6) is 0. The molecule has 0 aliphatic rings. The SMILES string of the molecule is O=P(O)(O)O.[H-].[Li+].[Pd]. The zero-order chi connectivity index (χ0) is 4.50. The van der Waals surface area contributed by atoms with E-state index in [1.165, 1.54) is 0 Å². The van der Waals surface area contributed by atoms with Gasteiger partial charge in [-0.05, 0) is 0 Å². The second kappa shape index (κ2) is 5.51. The molecular formula is H4LiO4PPd. The molecule has 0 aliphatic heterocycles. The van der Waals surface area contributed by atoms with E-state index in [9.17, 15) is 0 Å². The molecule has 4 nitrogen and oxygen atoms in total. The van der Waals surface area contributed by atoms with Gasteiger partial charge in [-0.25, -0.2) is 4.57 Å². The van der Waals surface area contributed by atoms with Crippen molar-refractivity contribution in [3.8, 4) is 0 Å². The number of rotatable bonds is 0. The van der Waals surface area contributed by atoms with Gasteiger partial charge < -0.3 is 16.1 Å². The maximum atomic E-state index is 8.88. The molecule has 0 aromatic heterocycles. The van der Waals surface area contributed by atoms with Gasteiger partial charge >= 0.3 is 26.7 Å². The minimum atomic E-state index is -4.64. The summed E-state index contributed by atoms with van der Waals surface area (Å²) in [5, 5.41) is 0. The third-order valence-electron chi connectivity index (χ3n) is 0. The van der Waals surface area contributed by atoms with Crippen LogP contribution < -0.4 is 18.9 Å². The molecule has 0 saturated heterocycles. The number of hydrogen-bond donors (Lipinski definition) is 3. The molecule has 0 spiro atoms. The van der Waals surface area contributed by atoms with Gasteiger partial charge in [0.15, 0.2) is 0 Å². The van der Waals surface area contributed by atoms with Gasteiger partial charge in [0.25, 0.3) is 0 Å². The van der Waals surface area contributed by atoms with Crippen molar-refractivity contribution >= 4 is 7.82 Å². The van der Waals surface area contributed by atoms with Gasteiger partial charge in [0.1, 0.15) is 0 Å². The van der Waals surface area contributed by atoms with E-state index < -0.39 is 7.82 Å². The van der Waals surface area contributed by atoms with Gasteiger partial charge in [0.05, 0.1) is 0 Å². The summed E-state index contributed by atoms with van der Waals surface area (Å²) in [6.45, 7) is 0. The van der Waals surface area contributed by atoms with E-state index in [0.29, 0.717) is 0 Å². The van der Waals surface area contributed by atoms with Crippen molar-refractivity contribution in [2.45, 2.75) is 0 Å². The Kier molecular flexibility index (Phi) is 12.4. The van der Waals surface area contributed by atoms with E-state index >= 15 is 0 Å². The van der Waals surface area contributed by atoms with Gasteiger partial charge in [0, 0.05) is 20.4 Å². The number of phosphoric acid groups is 1. The molecule has 0 saturated carbocycles. The molecule has 0 unspecified atom stereocenters. The van der Waals surface area contributed by atoms with Crippen LogP contribution in [0.15, 0.2) is 0 Å². The molecular weight excluding hydrogens is 208 g/mol. The van der Waals surface area contributed by atoms with Crippen LogP contribution >= 0.6 is 7.82 Å². The molecule has 7 heavy (non-hydrogen) atoms. The van der Waals surface area contributed by atoms with E-state index in [0.717, 1.165) is 0 Å². The van der Waals surface area contributed by atoms with Crippen LogP contribution in [0.3, 0.4) is 0 Å². The second-order valence-electron chi connectivity index (χ2n) is 0.513. The van der Waals surface area contributed by atoms with Crippen molar-refractivity contribution < 1.29 is 60.0 Å². The molecule has 7 heteroatoms. The van der Waals surface area contributed by atoms with Crippen molar-refractivity contribution in [2.75, 3.05) is 0 Å². The van der Waals surface area contributed by atoms with E-state index in [1.807, 2.05) is 0 Å². The second-order valence-corrected chi connectivity index (χ2v) is 1.54. The number of hydrogen-bond acceptors (Lipinski definition) is 1. The van der Waals surface area contributed by atoms with Crippen LogP contribution in [0.4, 0.5) is 0 Å². The van der Waals surface area contributed by atoms with Crippen molar-refractivity contribution in [3.05, 3.63) is 0 Å². The largest absolute Gasteiger partial charge is 1.00 e. The predicted molar refractivity (Wildman–Crippen MR) is 15.4 cm³/mol. The third-order valence-corrected chi connectivity index (χ3v) is 0. The molecule has 0 aromatic carbocycles. The molecule has 3 N–H and O–H groups in total. The zero-order valence-electron chi connectivity index (χ0n) is 4.51. The Labute approximate surface area is 67.9 Å². The summed E-state index contributed by atoms with van der Waals surface area (Å²) >= 11 is 0. The van der Waals surface area contributed by atoms with E-state index in [2.05, 4.69) is 0 Å². The monoisotopic (exact) mass is 212 g/mol. The molecule has 0 aromatic rings. The minimum Gasteiger partial charge on any atom is -1.00 e. The zero-order valence-corrected chi connectivity index (χ0v) is 5.96. The standard InChI is InChI=1S/Li.H3O4P.Pd.H/c;1-5(2,3)4;;/h;(H3,1,2,3,4);;/q+1;;;-1.